The number of hydrogen-bond donors (Lipinski definition) is 2. The Hall–Kier alpha value is -4.38. The summed E-state index contributed by atoms with van der Waals surface area (Å²) in [7, 11) is 1.69. The number of carbonyl (C=O) groups excluding carboxylic acids is 3. The molecule has 0 saturated carbocycles. The second-order valence-electron chi connectivity index (χ2n) is 11.6. The average Bonchev–Trinajstić information content (AvgIpc) is 3.41. The first-order chi connectivity index (χ1) is 21.0. The smallest absolute Gasteiger partial charge is 0.416 e. The van der Waals surface area contributed by atoms with Gasteiger partial charge in [-0.05, 0) is 79.3 Å². The van der Waals surface area contributed by atoms with Gasteiger partial charge in [-0.3, -0.25) is 14.4 Å². The number of nitrogens with one attached hydrogen (secondary N) is 2. The van der Waals surface area contributed by atoms with Gasteiger partial charge in [0.2, 0.25) is 5.91 Å². The molecule has 3 amide bonds. The van der Waals surface area contributed by atoms with E-state index in [1.807, 2.05) is 12.1 Å². The van der Waals surface area contributed by atoms with Gasteiger partial charge >= 0.3 is 6.18 Å². The van der Waals surface area contributed by atoms with E-state index in [1.54, 1.807) is 24.1 Å². The predicted molar refractivity (Wildman–Crippen MR) is 156 cm³/mol. The number of carbonyl (C=O) groups is 3. The lowest BCUT2D eigenvalue weighted by Crippen LogP contribution is -2.54. The first-order valence-electron chi connectivity index (χ1n) is 14.6. The molecule has 230 valence electrons. The SMILES string of the molecule is CN1C(=O)c2cc(NC(=O)c3ccc(C(F)(F)F)cc3)ccc2OC[C@@H]2O[C@H](CC(=O)NC3Cc4ccccc4C3)CC[C@H]21. The monoisotopic (exact) mass is 607 g/mol. The van der Waals surface area contributed by atoms with Crippen LogP contribution in [0.2, 0.25) is 0 Å². The van der Waals surface area contributed by atoms with Gasteiger partial charge in [0.25, 0.3) is 11.8 Å². The van der Waals surface area contributed by atoms with Crippen molar-refractivity contribution in [2.24, 2.45) is 0 Å². The average molecular weight is 608 g/mol. The van der Waals surface area contributed by atoms with E-state index in [2.05, 4.69) is 22.8 Å². The van der Waals surface area contributed by atoms with Crippen molar-refractivity contribution in [3.63, 3.8) is 0 Å². The molecule has 2 N–H and O–H groups in total. The maximum atomic E-state index is 13.5. The van der Waals surface area contributed by atoms with Crippen LogP contribution in [-0.4, -0.2) is 60.6 Å². The van der Waals surface area contributed by atoms with E-state index in [-0.39, 0.29) is 54.2 Å². The summed E-state index contributed by atoms with van der Waals surface area (Å²) < 4.78 is 50.9. The minimum atomic E-state index is -4.50. The number of nitrogens with zero attached hydrogens (tertiary/aromatic N) is 1. The maximum absolute atomic E-state index is 13.5. The Balaban J connectivity index is 1.07. The van der Waals surface area contributed by atoms with Crippen LogP contribution in [0.25, 0.3) is 0 Å². The highest BCUT2D eigenvalue weighted by atomic mass is 19.4. The molecule has 1 fully saturated rings. The molecule has 0 aromatic heterocycles. The molecule has 3 aromatic carbocycles. The molecule has 2 heterocycles. The van der Waals surface area contributed by atoms with Crippen molar-refractivity contribution in [3.8, 4) is 5.75 Å². The fraction of sp³-hybridized carbons (Fsp3) is 0.364. The Morgan fingerprint density at radius 3 is 2.36 bits per heavy atom. The number of ether oxygens (including phenoxy) is 2. The van der Waals surface area contributed by atoms with Crippen LogP contribution < -0.4 is 15.4 Å². The maximum Gasteiger partial charge on any atom is 0.416 e. The summed E-state index contributed by atoms with van der Waals surface area (Å²) in [6.45, 7) is 0.169. The predicted octanol–water partition coefficient (Wildman–Crippen LogP) is 5.01. The molecule has 0 bridgehead atoms. The van der Waals surface area contributed by atoms with Crippen molar-refractivity contribution < 1.29 is 37.0 Å². The number of benzene rings is 3. The molecular weight excluding hydrogens is 575 g/mol. The number of alkyl halides is 3. The summed E-state index contributed by atoms with van der Waals surface area (Å²) >= 11 is 0. The largest absolute Gasteiger partial charge is 0.490 e. The third-order valence-electron chi connectivity index (χ3n) is 8.57. The number of amides is 3. The van der Waals surface area contributed by atoms with Gasteiger partial charge in [0.15, 0.2) is 0 Å². The van der Waals surface area contributed by atoms with E-state index in [0.717, 1.165) is 37.1 Å². The van der Waals surface area contributed by atoms with Crippen LogP contribution in [0.15, 0.2) is 66.7 Å². The van der Waals surface area contributed by atoms with Crippen molar-refractivity contribution in [3.05, 3.63) is 94.5 Å². The van der Waals surface area contributed by atoms with Crippen molar-refractivity contribution in [1.82, 2.24) is 10.2 Å². The van der Waals surface area contributed by atoms with Crippen LogP contribution in [0, 0.1) is 0 Å². The second-order valence-corrected chi connectivity index (χ2v) is 11.6. The van der Waals surface area contributed by atoms with Crippen molar-refractivity contribution in [2.45, 2.75) is 62.6 Å². The summed E-state index contributed by atoms with van der Waals surface area (Å²) in [5.74, 6) is -0.670. The van der Waals surface area contributed by atoms with E-state index in [4.69, 9.17) is 9.47 Å². The zero-order chi connectivity index (χ0) is 31.0. The number of rotatable bonds is 5. The third-order valence-corrected chi connectivity index (χ3v) is 8.57. The zero-order valence-electron chi connectivity index (χ0n) is 24.0. The van der Waals surface area contributed by atoms with Gasteiger partial charge < -0.3 is 25.0 Å². The molecule has 0 spiro atoms. The highest BCUT2D eigenvalue weighted by Crippen LogP contribution is 2.33. The topological polar surface area (TPSA) is 97.0 Å². The summed E-state index contributed by atoms with van der Waals surface area (Å²) in [6, 6.07) is 16.5. The van der Waals surface area contributed by atoms with Gasteiger partial charge in [-0.15, -0.1) is 0 Å². The quantitative estimate of drug-likeness (QED) is 0.425. The van der Waals surface area contributed by atoms with E-state index in [9.17, 15) is 27.6 Å². The molecule has 1 aliphatic carbocycles. The van der Waals surface area contributed by atoms with Crippen LogP contribution in [0.4, 0.5) is 18.9 Å². The minimum absolute atomic E-state index is 0.0446. The van der Waals surface area contributed by atoms with Crippen molar-refractivity contribution in [1.29, 1.82) is 0 Å². The van der Waals surface area contributed by atoms with Crippen LogP contribution in [0.3, 0.4) is 0 Å². The summed E-state index contributed by atoms with van der Waals surface area (Å²) in [6.07, 6.45) is -2.13. The van der Waals surface area contributed by atoms with Crippen LogP contribution in [-0.2, 0) is 28.5 Å². The van der Waals surface area contributed by atoms with Crippen LogP contribution in [0.5, 0.6) is 5.75 Å². The number of halogens is 3. The minimum Gasteiger partial charge on any atom is -0.490 e. The Morgan fingerprint density at radius 2 is 1.68 bits per heavy atom. The number of fused-ring (bicyclic) bond motifs is 3. The molecule has 2 aliphatic heterocycles. The first kappa shape index (κ1) is 29.7. The molecule has 44 heavy (non-hydrogen) atoms. The second kappa shape index (κ2) is 12.0. The Labute approximate surface area is 252 Å². The number of likely N-dealkylation sites (N-methyl/N-ethyl adjacent to an activating group) is 1. The zero-order valence-corrected chi connectivity index (χ0v) is 24.0. The lowest BCUT2D eigenvalue weighted by Gasteiger charge is -2.42. The summed E-state index contributed by atoms with van der Waals surface area (Å²) in [5.41, 5.74) is 2.27. The molecule has 3 atom stereocenters. The van der Waals surface area contributed by atoms with Gasteiger partial charge in [0.1, 0.15) is 18.5 Å². The Kier molecular flexibility index (Phi) is 8.06. The van der Waals surface area contributed by atoms with Crippen molar-refractivity contribution >= 4 is 23.4 Å². The molecule has 8 nitrogen and oxygen atoms in total. The van der Waals surface area contributed by atoms with E-state index >= 15 is 0 Å². The summed E-state index contributed by atoms with van der Waals surface area (Å²) in [4.78, 5) is 40.7. The third kappa shape index (κ3) is 6.28. The van der Waals surface area contributed by atoms with Gasteiger partial charge in [-0.2, -0.15) is 13.2 Å². The molecule has 3 aliphatic rings. The molecule has 0 unspecified atom stereocenters. The molecule has 11 heteroatoms. The van der Waals surface area contributed by atoms with Crippen LogP contribution in [0.1, 0.15) is 56.7 Å². The van der Waals surface area contributed by atoms with E-state index < -0.39 is 23.8 Å². The molecule has 0 radical (unpaired) electrons. The van der Waals surface area contributed by atoms with Crippen molar-refractivity contribution in [2.75, 3.05) is 19.0 Å². The lowest BCUT2D eigenvalue weighted by atomic mass is 9.94. The first-order valence-corrected chi connectivity index (χ1v) is 14.6. The standard InChI is InChI=1S/C33H32F3N3O5/c1-39-27-12-11-25(17-30(40)37-24-14-20-4-2-3-5-21(20)15-24)44-29(27)18-43-28-13-10-23(16-26(28)32(39)42)38-31(41)19-6-8-22(9-7-19)33(34,35)36/h2-10,13,16,24-25,27,29H,11-12,14-15,17-18H2,1H3,(H,37,40)(H,38,41)/t25-,27+,29-/m0/s1. The number of anilines is 1. The highest BCUT2D eigenvalue weighted by Gasteiger charge is 2.39. The molecule has 3 aromatic rings. The van der Waals surface area contributed by atoms with E-state index in [1.165, 1.54) is 17.2 Å². The van der Waals surface area contributed by atoms with Gasteiger partial charge in [0, 0.05) is 24.3 Å². The van der Waals surface area contributed by atoms with Gasteiger partial charge in [-0.25, -0.2) is 0 Å². The van der Waals surface area contributed by atoms with Gasteiger partial charge in [-0.1, -0.05) is 24.3 Å². The Bertz CT molecular complexity index is 1550. The Morgan fingerprint density at radius 1 is 0.977 bits per heavy atom. The molecular formula is C33H32F3N3O5. The van der Waals surface area contributed by atoms with Gasteiger partial charge in [0.05, 0.1) is 29.7 Å². The molecule has 1 saturated heterocycles. The van der Waals surface area contributed by atoms with Crippen LogP contribution >= 0.6 is 0 Å². The lowest BCUT2D eigenvalue weighted by molar-refractivity contribution is -0.137. The summed E-state index contributed by atoms with van der Waals surface area (Å²) in [5, 5.41) is 5.78. The fourth-order valence-corrected chi connectivity index (χ4v) is 6.27. The fourth-order valence-electron chi connectivity index (χ4n) is 6.27. The molecule has 6 rings (SSSR count). The number of hydrogen-bond acceptors (Lipinski definition) is 5. The van der Waals surface area contributed by atoms with E-state index in [0.29, 0.717) is 24.3 Å². The highest BCUT2D eigenvalue weighted by molar-refractivity contribution is 6.05. The normalized spacial score (nSPS) is 21.7.